The molecule has 29 heavy (non-hydrogen) atoms. The van der Waals surface area contributed by atoms with Crippen molar-refractivity contribution in [3.8, 4) is 11.5 Å². The summed E-state index contributed by atoms with van der Waals surface area (Å²) in [6, 6.07) is 6.26. The quantitative estimate of drug-likeness (QED) is 0.762. The first kappa shape index (κ1) is 20.5. The summed E-state index contributed by atoms with van der Waals surface area (Å²) in [6.45, 7) is 7.48. The Morgan fingerprint density at radius 1 is 1.21 bits per heavy atom. The number of rotatable bonds is 6. The molecular formula is C24H35NO4. The molecule has 3 fully saturated rings. The molecule has 1 aliphatic heterocycles. The molecular weight excluding hydrogens is 366 g/mol. The van der Waals surface area contributed by atoms with Crippen LogP contribution in [0.15, 0.2) is 18.2 Å². The van der Waals surface area contributed by atoms with E-state index in [4.69, 9.17) is 14.2 Å². The molecule has 160 valence electrons. The van der Waals surface area contributed by atoms with Gasteiger partial charge in [-0.15, -0.1) is 0 Å². The summed E-state index contributed by atoms with van der Waals surface area (Å²) >= 11 is 0. The largest absolute Gasteiger partial charge is 0.497 e. The van der Waals surface area contributed by atoms with Crippen LogP contribution in [0, 0.1) is 22.7 Å². The van der Waals surface area contributed by atoms with Crippen LogP contribution in [0.3, 0.4) is 0 Å². The first-order valence-corrected chi connectivity index (χ1v) is 11.0. The molecule has 5 nitrogen and oxygen atoms in total. The normalized spacial score (nSPS) is 34.5. The molecule has 4 rings (SSSR count). The van der Waals surface area contributed by atoms with Gasteiger partial charge in [0.05, 0.1) is 20.3 Å². The van der Waals surface area contributed by atoms with Crippen molar-refractivity contribution in [2.75, 3.05) is 20.8 Å². The topological polar surface area (TPSA) is 56.8 Å². The minimum atomic E-state index is 0.0134. The Labute approximate surface area is 174 Å². The number of fused-ring (bicyclic) bond motifs is 1. The van der Waals surface area contributed by atoms with Gasteiger partial charge in [0.25, 0.3) is 0 Å². The van der Waals surface area contributed by atoms with Crippen LogP contribution in [0.2, 0.25) is 0 Å². The maximum absolute atomic E-state index is 12.6. The summed E-state index contributed by atoms with van der Waals surface area (Å²) < 4.78 is 17.4. The van der Waals surface area contributed by atoms with E-state index in [0.29, 0.717) is 18.3 Å². The predicted molar refractivity (Wildman–Crippen MR) is 112 cm³/mol. The number of benzene rings is 1. The Bertz CT molecular complexity index is 754. The highest BCUT2D eigenvalue weighted by Crippen LogP contribution is 2.70. The van der Waals surface area contributed by atoms with Crippen LogP contribution < -0.4 is 14.8 Å². The summed E-state index contributed by atoms with van der Waals surface area (Å²) in [5, 5.41) is 3.46. The van der Waals surface area contributed by atoms with Crippen molar-refractivity contribution in [3.63, 3.8) is 0 Å². The Hall–Kier alpha value is -1.75. The van der Waals surface area contributed by atoms with Gasteiger partial charge >= 0.3 is 0 Å². The van der Waals surface area contributed by atoms with E-state index in [1.807, 2.05) is 6.07 Å². The van der Waals surface area contributed by atoms with Gasteiger partial charge in [0.15, 0.2) is 0 Å². The Kier molecular flexibility index (Phi) is 5.30. The van der Waals surface area contributed by atoms with Crippen LogP contribution >= 0.6 is 0 Å². The van der Waals surface area contributed by atoms with Crippen LogP contribution in [-0.2, 0) is 9.53 Å². The van der Waals surface area contributed by atoms with Gasteiger partial charge in [-0.25, -0.2) is 0 Å². The van der Waals surface area contributed by atoms with Crippen LogP contribution in [0.5, 0.6) is 11.5 Å². The number of hydrogen-bond acceptors (Lipinski definition) is 4. The van der Waals surface area contributed by atoms with Crippen molar-refractivity contribution in [1.82, 2.24) is 5.32 Å². The van der Waals surface area contributed by atoms with Crippen molar-refractivity contribution in [3.05, 3.63) is 23.8 Å². The molecule has 2 saturated carbocycles. The van der Waals surface area contributed by atoms with Crippen LogP contribution in [0.1, 0.15) is 64.5 Å². The third-order valence-corrected chi connectivity index (χ3v) is 7.99. The molecule has 1 heterocycles. The Morgan fingerprint density at radius 2 is 1.90 bits per heavy atom. The highest BCUT2D eigenvalue weighted by atomic mass is 16.5. The summed E-state index contributed by atoms with van der Waals surface area (Å²) in [6.07, 6.45) is 4.85. The molecule has 2 bridgehead atoms. The number of hydrogen-bond donors (Lipinski definition) is 1. The van der Waals surface area contributed by atoms with Gasteiger partial charge in [-0.3, -0.25) is 4.79 Å². The summed E-state index contributed by atoms with van der Waals surface area (Å²) in [7, 11) is 3.36. The molecule has 2 aliphatic carbocycles. The second-order valence-corrected chi connectivity index (χ2v) is 9.74. The van der Waals surface area contributed by atoms with E-state index in [2.05, 4.69) is 38.2 Å². The fourth-order valence-electron chi connectivity index (χ4n) is 6.57. The zero-order chi connectivity index (χ0) is 20.8. The van der Waals surface area contributed by atoms with Gasteiger partial charge in [-0.05, 0) is 66.0 Å². The van der Waals surface area contributed by atoms with E-state index in [9.17, 15) is 4.79 Å². The van der Waals surface area contributed by atoms with Gasteiger partial charge in [-0.1, -0.05) is 20.8 Å². The summed E-state index contributed by atoms with van der Waals surface area (Å²) in [5.41, 5.74) is 1.35. The molecule has 1 N–H and O–H groups in total. The van der Waals surface area contributed by atoms with E-state index >= 15 is 0 Å². The van der Waals surface area contributed by atoms with E-state index in [0.717, 1.165) is 42.9 Å². The van der Waals surface area contributed by atoms with E-state index < -0.39 is 0 Å². The zero-order valence-electron chi connectivity index (χ0n) is 18.4. The number of methoxy groups -OCH3 is 2. The lowest BCUT2D eigenvalue weighted by Gasteiger charge is -2.53. The maximum Gasteiger partial charge on any atom is 0.220 e. The van der Waals surface area contributed by atoms with Gasteiger partial charge in [0.1, 0.15) is 11.5 Å². The van der Waals surface area contributed by atoms with Gasteiger partial charge in [0.2, 0.25) is 5.91 Å². The first-order valence-electron chi connectivity index (χ1n) is 11.0. The van der Waals surface area contributed by atoms with Crippen molar-refractivity contribution >= 4 is 5.91 Å². The van der Waals surface area contributed by atoms with Gasteiger partial charge < -0.3 is 19.5 Å². The number of carbonyl (C=O) groups excluding carboxylic acids is 1. The first-order chi connectivity index (χ1) is 13.9. The summed E-state index contributed by atoms with van der Waals surface area (Å²) in [4.78, 5) is 12.6. The van der Waals surface area contributed by atoms with Crippen LogP contribution in [-0.4, -0.2) is 32.8 Å². The van der Waals surface area contributed by atoms with Crippen LogP contribution in [0.25, 0.3) is 0 Å². The van der Waals surface area contributed by atoms with Crippen LogP contribution in [0.4, 0.5) is 0 Å². The van der Waals surface area contributed by atoms with Crippen molar-refractivity contribution in [1.29, 1.82) is 0 Å². The molecule has 1 aromatic rings. The highest BCUT2D eigenvalue weighted by molar-refractivity contribution is 5.76. The molecule has 0 radical (unpaired) electrons. The van der Waals surface area contributed by atoms with Crippen molar-refractivity contribution in [2.45, 2.75) is 65.0 Å². The minimum absolute atomic E-state index is 0.0134. The third-order valence-electron chi connectivity index (χ3n) is 7.99. The maximum atomic E-state index is 12.6. The molecule has 3 aliphatic rings. The van der Waals surface area contributed by atoms with Crippen molar-refractivity contribution < 1.29 is 19.0 Å². The van der Waals surface area contributed by atoms with Gasteiger partial charge in [-0.2, -0.15) is 0 Å². The molecule has 0 unspecified atom stereocenters. The monoisotopic (exact) mass is 401 g/mol. The number of nitrogens with one attached hydrogen (secondary N) is 1. The standard InChI is InChI=1S/C24H35NO4/c1-6-7-20(26)25-22-23(2,3)16-12-19-21(29-9-8-24(19,22)14-16)15-10-17(27-4)13-18(11-15)28-5/h10-11,13,16,19,21-22H,6-9,12,14H2,1-5H3,(H,25,26)/t16-,19-,21-,22+,24-/m1/s1. The molecule has 1 amide bonds. The summed E-state index contributed by atoms with van der Waals surface area (Å²) in [5.74, 6) is 2.78. The van der Waals surface area contributed by atoms with E-state index in [-0.39, 0.29) is 28.9 Å². The molecule has 1 aromatic carbocycles. The van der Waals surface area contributed by atoms with Gasteiger partial charge in [0, 0.05) is 25.1 Å². The lowest BCUT2D eigenvalue weighted by Crippen LogP contribution is -2.58. The average Bonchev–Trinajstić information content (AvgIpc) is 3.20. The molecule has 1 spiro atoms. The highest BCUT2D eigenvalue weighted by Gasteiger charge is 2.68. The van der Waals surface area contributed by atoms with E-state index in [1.165, 1.54) is 6.42 Å². The Morgan fingerprint density at radius 3 is 2.52 bits per heavy atom. The number of carbonyl (C=O) groups is 1. The second-order valence-electron chi connectivity index (χ2n) is 9.74. The number of amides is 1. The Balaban J connectivity index is 1.68. The smallest absolute Gasteiger partial charge is 0.220 e. The fourth-order valence-corrected chi connectivity index (χ4v) is 6.57. The molecule has 0 aromatic heterocycles. The predicted octanol–water partition coefficient (Wildman–Crippen LogP) is 4.50. The molecule has 5 atom stereocenters. The lowest BCUT2D eigenvalue weighted by atomic mass is 9.59. The zero-order valence-corrected chi connectivity index (χ0v) is 18.4. The second kappa shape index (κ2) is 7.50. The SMILES string of the molecule is CCCC(=O)N[C@H]1C(C)(C)[C@@H]2C[C@@H]3[C@@H](c4cc(OC)cc(OC)c4)OCC[C@@]31C2. The lowest BCUT2D eigenvalue weighted by molar-refractivity contribution is -0.137. The van der Waals surface area contributed by atoms with E-state index in [1.54, 1.807) is 14.2 Å². The minimum Gasteiger partial charge on any atom is -0.497 e. The number of ether oxygens (including phenoxy) is 3. The van der Waals surface area contributed by atoms with Crippen molar-refractivity contribution in [2.24, 2.45) is 22.7 Å². The molecule has 1 saturated heterocycles. The average molecular weight is 402 g/mol. The fraction of sp³-hybridized carbons (Fsp3) is 0.708. The third kappa shape index (κ3) is 3.22. The molecule has 5 heteroatoms.